The summed E-state index contributed by atoms with van der Waals surface area (Å²) in [5.74, 6) is 0. The number of benzene rings is 9. The van der Waals surface area contributed by atoms with Gasteiger partial charge in [0.05, 0.1) is 0 Å². The molecular formula is C48H34. The molecule has 0 radical (unpaired) electrons. The van der Waals surface area contributed by atoms with Crippen LogP contribution in [-0.4, -0.2) is 0 Å². The minimum Gasteiger partial charge on any atom is -0.0905 e. The molecule has 48 heavy (non-hydrogen) atoms. The largest absolute Gasteiger partial charge is 0.0905 e. The highest BCUT2D eigenvalue weighted by Crippen LogP contribution is 2.41. The van der Waals surface area contributed by atoms with Crippen molar-refractivity contribution >= 4 is 59.8 Å². The number of hydrogen-bond donors (Lipinski definition) is 0. The smallest absolute Gasteiger partial charge is 0.00264 e. The normalized spacial score (nSPS) is 11.0. The molecule has 0 heteroatoms. The summed E-state index contributed by atoms with van der Waals surface area (Å²) in [5, 5.41) is 10.9. The van der Waals surface area contributed by atoms with Crippen molar-refractivity contribution in [3.05, 3.63) is 223 Å². The van der Waals surface area contributed by atoms with E-state index in [0.717, 1.165) is 16.7 Å². The van der Waals surface area contributed by atoms with Crippen molar-refractivity contribution in [3.63, 3.8) is 0 Å². The highest BCUT2D eigenvalue weighted by molar-refractivity contribution is 6.32. The Morgan fingerprint density at radius 1 is 0.292 bits per heavy atom. The number of fused-ring (bicyclic) bond motifs is 2. The molecule has 0 aliphatic carbocycles. The molecule has 0 heterocycles. The first-order valence-corrected chi connectivity index (χ1v) is 16.5. The highest BCUT2D eigenvalue weighted by atomic mass is 14.2. The van der Waals surface area contributed by atoms with E-state index in [2.05, 4.69) is 195 Å². The second-order valence-electron chi connectivity index (χ2n) is 12.1. The molecule has 0 bridgehead atoms. The van der Waals surface area contributed by atoms with Crippen molar-refractivity contribution in [2.75, 3.05) is 0 Å². The maximum Gasteiger partial charge on any atom is -0.00264 e. The summed E-state index contributed by atoms with van der Waals surface area (Å²) in [7, 11) is 0. The average molecular weight is 611 g/mol. The van der Waals surface area contributed by atoms with Crippen LogP contribution in [0.2, 0.25) is 0 Å². The Bertz CT molecular complexity index is 2310. The van der Waals surface area contributed by atoms with Crippen molar-refractivity contribution in [1.82, 2.24) is 0 Å². The summed E-state index contributed by atoms with van der Waals surface area (Å²) in [5.41, 5.74) is 8.04. The van der Waals surface area contributed by atoms with E-state index in [4.69, 9.17) is 0 Å². The van der Waals surface area contributed by atoms with Crippen LogP contribution in [0.1, 0.15) is 22.3 Å². The summed E-state index contributed by atoms with van der Waals surface area (Å²) in [6.07, 6.45) is 0. The topological polar surface area (TPSA) is 0 Å². The number of rotatable bonds is 5. The molecule has 0 amide bonds. The lowest BCUT2D eigenvalue weighted by atomic mass is 9.84. The van der Waals surface area contributed by atoms with Crippen molar-refractivity contribution in [2.45, 2.75) is 0 Å². The molecule has 0 nitrogen and oxygen atoms in total. The summed E-state index contributed by atoms with van der Waals surface area (Å²) >= 11 is 0. The summed E-state index contributed by atoms with van der Waals surface area (Å²) in [4.78, 5) is 0. The predicted octanol–water partition coefficient (Wildman–Crippen LogP) is 13.1. The predicted molar refractivity (Wildman–Crippen MR) is 208 cm³/mol. The Kier molecular flexibility index (Phi) is 7.82. The first kappa shape index (κ1) is 29.2. The molecule has 0 spiro atoms. The van der Waals surface area contributed by atoms with Gasteiger partial charge in [0, 0.05) is 0 Å². The molecule has 0 aromatic heterocycles. The maximum atomic E-state index is 4.52. The van der Waals surface area contributed by atoms with Gasteiger partial charge in [-0.3, -0.25) is 0 Å². The molecule has 0 atom stereocenters. The summed E-state index contributed by atoms with van der Waals surface area (Å²) in [6, 6.07) is 68.6. The van der Waals surface area contributed by atoms with E-state index in [1.54, 1.807) is 0 Å². The van der Waals surface area contributed by atoms with Crippen molar-refractivity contribution in [3.8, 4) is 0 Å². The van der Waals surface area contributed by atoms with Crippen LogP contribution in [0.3, 0.4) is 0 Å². The van der Waals surface area contributed by atoms with Crippen molar-refractivity contribution in [2.24, 2.45) is 0 Å². The lowest BCUT2D eigenvalue weighted by Gasteiger charge is -2.19. The van der Waals surface area contributed by atoms with E-state index in [9.17, 15) is 0 Å². The first-order chi connectivity index (χ1) is 23.8. The van der Waals surface area contributed by atoms with Crippen LogP contribution in [0.15, 0.2) is 201 Å². The lowest BCUT2D eigenvalue weighted by Crippen LogP contribution is -1.97. The van der Waals surface area contributed by atoms with Gasteiger partial charge in [-0.05, 0) is 82.1 Å². The molecule has 0 aliphatic heterocycles. The van der Waals surface area contributed by atoms with Gasteiger partial charge >= 0.3 is 0 Å². The zero-order valence-corrected chi connectivity index (χ0v) is 26.7. The quantitative estimate of drug-likeness (QED) is 0.0787. The Morgan fingerprint density at radius 3 is 0.958 bits per heavy atom. The molecule has 0 N–H and O–H groups in total. The van der Waals surface area contributed by atoms with Gasteiger partial charge in [0.2, 0.25) is 0 Å². The van der Waals surface area contributed by atoms with Gasteiger partial charge in [0.15, 0.2) is 0 Å². The zero-order valence-electron chi connectivity index (χ0n) is 26.7. The van der Waals surface area contributed by atoms with Crippen LogP contribution >= 0.6 is 0 Å². The molecule has 9 rings (SSSR count). The zero-order chi connectivity index (χ0) is 32.3. The van der Waals surface area contributed by atoms with Crippen LogP contribution in [0.4, 0.5) is 0 Å². The Morgan fingerprint density at radius 2 is 0.604 bits per heavy atom. The molecular weight excluding hydrogens is 577 g/mol. The molecule has 0 fully saturated rings. The average Bonchev–Trinajstić information content (AvgIpc) is 3.17. The fraction of sp³-hybridized carbons (Fsp3) is 0. The van der Waals surface area contributed by atoms with Crippen LogP contribution in [0.5, 0.6) is 0 Å². The van der Waals surface area contributed by atoms with Crippen molar-refractivity contribution in [1.29, 1.82) is 0 Å². The van der Waals surface area contributed by atoms with Crippen LogP contribution in [-0.2, 0) is 0 Å². The monoisotopic (exact) mass is 610 g/mol. The molecule has 226 valence electrons. The third-order valence-corrected chi connectivity index (χ3v) is 9.25. The van der Waals surface area contributed by atoms with Gasteiger partial charge in [-0.2, -0.15) is 0 Å². The van der Waals surface area contributed by atoms with Crippen LogP contribution in [0.25, 0.3) is 59.8 Å². The Balaban J connectivity index is 0.000000147. The number of allylic oxidation sites excluding steroid dienone is 2. The Hall–Kier alpha value is -6.24. The minimum atomic E-state index is 1.02. The van der Waals surface area contributed by atoms with Gasteiger partial charge < -0.3 is 0 Å². The lowest BCUT2D eigenvalue weighted by molar-refractivity contribution is 1.53. The van der Waals surface area contributed by atoms with E-state index in [1.807, 2.05) is 6.07 Å². The fourth-order valence-corrected chi connectivity index (χ4v) is 7.10. The van der Waals surface area contributed by atoms with Crippen LogP contribution < -0.4 is 0 Å². The standard InChI is InChI=1S/C28H22.C20H12/c1-22(23-14-6-2-7-15-23)27(24-16-8-3-9-17-24)28(25-18-10-4-11-19-25)26-20-12-5-13-21-26;1-5-13-6-2-11-17-18-12-4-8-14-7-3-10-16(20(14)18)15(9-1)19(13)17/h2-21H,1H2;1-12H. The third-order valence-electron chi connectivity index (χ3n) is 9.25. The van der Waals surface area contributed by atoms with Gasteiger partial charge in [-0.25, -0.2) is 0 Å². The van der Waals surface area contributed by atoms with Gasteiger partial charge in [-0.1, -0.05) is 201 Å². The third kappa shape index (κ3) is 5.34. The molecule has 0 saturated carbocycles. The number of hydrogen-bond acceptors (Lipinski definition) is 0. The molecule has 9 aromatic carbocycles. The van der Waals surface area contributed by atoms with Crippen LogP contribution in [0, 0.1) is 0 Å². The van der Waals surface area contributed by atoms with E-state index in [-0.39, 0.29) is 0 Å². The SMILES string of the molecule is C=C(C(=C(c1ccccc1)c1ccccc1)c1ccccc1)c1ccccc1.c1cc2cccc3c4cccc5cccc(c(c1)c23)c54. The fourth-order valence-electron chi connectivity index (χ4n) is 7.10. The highest BCUT2D eigenvalue weighted by Gasteiger charge is 2.17. The second kappa shape index (κ2) is 12.9. The van der Waals surface area contributed by atoms with Gasteiger partial charge in [0.1, 0.15) is 0 Å². The summed E-state index contributed by atoms with van der Waals surface area (Å²) < 4.78 is 0. The van der Waals surface area contributed by atoms with Gasteiger partial charge in [0.25, 0.3) is 0 Å². The Labute approximate surface area is 281 Å². The van der Waals surface area contributed by atoms with E-state index < -0.39 is 0 Å². The maximum absolute atomic E-state index is 4.52. The minimum absolute atomic E-state index is 1.02. The molecule has 0 unspecified atom stereocenters. The van der Waals surface area contributed by atoms with E-state index in [0.29, 0.717) is 0 Å². The molecule has 0 saturated heterocycles. The van der Waals surface area contributed by atoms with E-state index >= 15 is 0 Å². The molecule has 0 aliphatic rings. The first-order valence-electron chi connectivity index (χ1n) is 16.5. The summed E-state index contributed by atoms with van der Waals surface area (Å²) in [6.45, 7) is 4.52. The molecule has 9 aromatic rings. The second-order valence-corrected chi connectivity index (χ2v) is 12.1. The van der Waals surface area contributed by atoms with E-state index in [1.165, 1.54) is 65.4 Å². The van der Waals surface area contributed by atoms with Gasteiger partial charge in [-0.15, -0.1) is 0 Å². The van der Waals surface area contributed by atoms with Crippen molar-refractivity contribution < 1.29 is 0 Å².